The largest absolute Gasteiger partial charge is 0.513 e. The van der Waals surface area contributed by atoms with Crippen molar-refractivity contribution in [2.45, 2.75) is 20.8 Å². The maximum Gasteiger partial charge on any atom is 0.513 e. The molecule has 0 aliphatic rings. The number of carbonyl (C=O) groups excluding carboxylic acids is 1. The van der Waals surface area contributed by atoms with Gasteiger partial charge in [0.05, 0.1) is 6.54 Å². The van der Waals surface area contributed by atoms with Crippen LogP contribution in [0.5, 0.6) is 5.75 Å². The molecule has 2 rings (SSSR count). The first kappa shape index (κ1) is 16.9. The van der Waals surface area contributed by atoms with Crippen LogP contribution in [0.15, 0.2) is 48.5 Å². The van der Waals surface area contributed by atoms with Gasteiger partial charge in [0.1, 0.15) is 12.4 Å². The Kier molecular flexibility index (Phi) is 6.03. The quantitative estimate of drug-likeness (QED) is 0.587. The Morgan fingerprint density at radius 1 is 1.09 bits per heavy atom. The van der Waals surface area contributed by atoms with E-state index < -0.39 is 6.16 Å². The molecule has 4 nitrogen and oxygen atoms in total. The Hall–Kier alpha value is -2.49. The summed E-state index contributed by atoms with van der Waals surface area (Å²) in [4.78, 5) is 13.9. The van der Waals surface area contributed by atoms with E-state index in [1.165, 1.54) is 5.56 Å². The van der Waals surface area contributed by atoms with Crippen molar-refractivity contribution in [1.82, 2.24) is 0 Å². The maximum absolute atomic E-state index is 11.8. The number of anilines is 1. The lowest BCUT2D eigenvalue weighted by atomic mass is 10.2. The SMILES string of the molecule is CCN(CCOC(=O)Oc1ccccc1C)c1cccc(C)c1. The predicted octanol–water partition coefficient (Wildman–Crippen LogP) is 4.35. The van der Waals surface area contributed by atoms with E-state index in [1.54, 1.807) is 6.07 Å². The van der Waals surface area contributed by atoms with Gasteiger partial charge in [-0.1, -0.05) is 30.3 Å². The van der Waals surface area contributed by atoms with Crippen molar-refractivity contribution in [2.24, 2.45) is 0 Å². The summed E-state index contributed by atoms with van der Waals surface area (Å²) < 4.78 is 10.4. The number of hydrogen-bond acceptors (Lipinski definition) is 4. The second kappa shape index (κ2) is 8.22. The highest BCUT2D eigenvalue weighted by atomic mass is 16.7. The number of nitrogens with zero attached hydrogens (tertiary/aromatic N) is 1. The minimum absolute atomic E-state index is 0.284. The summed E-state index contributed by atoms with van der Waals surface area (Å²) in [5.41, 5.74) is 3.24. The molecule has 0 spiro atoms. The van der Waals surface area contributed by atoms with E-state index in [9.17, 15) is 4.79 Å². The van der Waals surface area contributed by atoms with Crippen LogP contribution in [0.3, 0.4) is 0 Å². The van der Waals surface area contributed by atoms with Crippen LogP contribution in [0.25, 0.3) is 0 Å². The van der Waals surface area contributed by atoms with E-state index in [0.29, 0.717) is 12.3 Å². The van der Waals surface area contributed by atoms with Crippen LogP contribution in [-0.4, -0.2) is 25.9 Å². The number of para-hydroxylation sites is 1. The van der Waals surface area contributed by atoms with Crippen LogP contribution in [0.4, 0.5) is 10.5 Å². The Balaban J connectivity index is 1.83. The predicted molar refractivity (Wildman–Crippen MR) is 92.2 cm³/mol. The first-order valence-electron chi connectivity index (χ1n) is 7.82. The van der Waals surface area contributed by atoms with Gasteiger partial charge in [-0.25, -0.2) is 4.79 Å². The molecule has 0 saturated carbocycles. The van der Waals surface area contributed by atoms with Gasteiger partial charge in [0.15, 0.2) is 0 Å². The zero-order valence-electron chi connectivity index (χ0n) is 13.9. The molecule has 23 heavy (non-hydrogen) atoms. The van der Waals surface area contributed by atoms with Crippen LogP contribution >= 0.6 is 0 Å². The summed E-state index contributed by atoms with van der Waals surface area (Å²) in [6.45, 7) is 7.79. The fourth-order valence-corrected chi connectivity index (χ4v) is 2.32. The Bertz CT molecular complexity index is 655. The number of rotatable bonds is 6. The van der Waals surface area contributed by atoms with E-state index in [2.05, 4.69) is 36.9 Å². The first-order chi connectivity index (χ1) is 11.1. The minimum atomic E-state index is -0.667. The van der Waals surface area contributed by atoms with Gasteiger partial charge in [-0.05, 0) is 50.1 Å². The third kappa shape index (κ3) is 5.02. The third-order valence-corrected chi connectivity index (χ3v) is 3.62. The monoisotopic (exact) mass is 313 g/mol. The molecule has 0 fully saturated rings. The summed E-state index contributed by atoms with van der Waals surface area (Å²) in [7, 11) is 0. The zero-order chi connectivity index (χ0) is 16.7. The molecule has 0 aliphatic heterocycles. The molecule has 0 unspecified atom stereocenters. The molecule has 0 aromatic heterocycles. The summed E-state index contributed by atoms with van der Waals surface area (Å²) in [6.07, 6.45) is -0.667. The summed E-state index contributed by atoms with van der Waals surface area (Å²) in [6, 6.07) is 15.6. The normalized spacial score (nSPS) is 10.2. The fraction of sp³-hybridized carbons (Fsp3) is 0.316. The van der Waals surface area contributed by atoms with Crippen LogP contribution in [-0.2, 0) is 4.74 Å². The lowest BCUT2D eigenvalue weighted by Gasteiger charge is -2.23. The molecule has 2 aromatic rings. The van der Waals surface area contributed by atoms with E-state index in [4.69, 9.17) is 9.47 Å². The molecule has 4 heteroatoms. The molecule has 0 amide bonds. The molecular weight excluding hydrogens is 290 g/mol. The number of aryl methyl sites for hydroxylation is 2. The second-order valence-corrected chi connectivity index (χ2v) is 5.38. The van der Waals surface area contributed by atoms with Crippen molar-refractivity contribution in [3.63, 3.8) is 0 Å². The Morgan fingerprint density at radius 3 is 2.57 bits per heavy atom. The Labute approximate surface area is 137 Å². The smallest absolute Gasteiger partial charge is 0.432 e. The van der Waals surface area contributed by atoms with E-state index >= 15 is 0 Å². The first-order valence-corrected chi connectivity index (χ1v) is 7.82. The van der Waals surface area contributed by atoms with Crippen LogP contribution in [0, 0.1) is 13.8 Å². The van der Waals surface area contributed by atoms with Crippen LogP contribution < -0.4 is 9.64 Å². The third-order valence-electron chi connectivity index (χ3n) is 3.62. The van der Waals surface area contributed by atoms with Gasteiger partial charge in [-0.3, -0.25) is 0 Å². The van der Waals surface area contributed by atoms with Gasteiger partial charge in [0.25, 0.3) is 0 Å². The molecule has 0 radical (unpaired) electrons. The summed E-state index contributed by atoms with van der Waals surface area (Å²) >= 11 is 0. The van der Waals surface area contributed by atoms with Gasteiger partial charge >= 0.3 is 6.16 Å². The Morgan fingerprint density at radius 2 is 1.87 bits per heavy atom. The zero-order valence-corrected chi connectivity index (χ0v) is 13.9. The molecule has 122 valence electrons. The highest BCUT2D eigenvalue weighted by molar-refractivity contribution is 5.64. The molecule has 0 saturated heterocycles. The molecule has 0 N–H and O–H groups in total. The van der Waals surface area contributed by atoms with Gasteiger partial charge in [0.2, 0.25) is 0 Å². The molecule has 0 heterocycles. The molecule has 2 aromatic carbocycles. The van der Waals surface area contributed by atoms with E-state index in [1.807, 2.05) is 31.2 Å². The average Bonchev–Trinajstić information content (AvgIpc) is 2.54. The van der Waals surface area contributed by atoms with Gasteiger partial charge < -0.3 is 14.4 Å². The number of ether oxygens (including phenoxy) is 2. The number of benzene rings is 2. The molecule has 0 aliphatic carbocycles. The topological polar surface area (TPSA) is 38.8 Å². The van der Waals surface area contributed by atoms with E-state index in [-0.39, 0.29) is 6.61 Å². The summed E-state index contributed by atoms with van der Waals surface area (Å²) in [5.74, 6) is 0.531. The van der Waals surface area contributed by atoms with Crippen molar-refractivity contribution < 1.29 is 14.3 Å². The highest BCUT2D eigenvalue weighted by Crippen LogP contribution is 2.17. The van der Waals surface area contributed by atoms with Gasteiger partial charge in [0, 0.05) is 12.2 Å². The lowest BCUT2D eigenvalue weighted by molar-refractivity contribution is 0.101. The van der Waals surface area contributed by atoms with Crippen LogP contribution in [0.2, 0.25) is 0 Å². The van der Waals surface area contributed by atoms with Crippen molar-refractivity contribution in [1.29, 1.82) is 0 Å². The highest BCUT2D eigenvalue weighted by Gasteiger charge is 2.10. The number of carbonyl (C=O) groups is 1. The number of hydrogen-bond donors (Lipinski definition) is 0. The standard InChI is InChI=1S/C19H23NO3/c1-4-20(17-10-7-8-15(2)14-17)12-13-22-19(21)23-18-11-6-5-9-16(18)3/h5-11,14H,4,12-13H2,1-3H3. The van der Waals surface area contributed by atoms with Crippen molar-refractivity contribution in [2.75, 3.05) is 24.6 Å². The number of likely N-dealkylation sites (N-methyl/N-ethyl adjacent to an activating group) is 1. The second-order valence-electron chi connectivity index (χ2n) is 5.38. The average molecular weight is 313 g/mol. The molecular formula is C19H23NO3. The maximum atomic E-state index is 11.8. The van der Waals surface area contributed by atoms with Crippen molar-refractivity contribution in [3.05, 3.63) is 59.7 Å². The molecule has 0 bridgehead atoms. The van der Waals surface area contributed by atoms with E-state index in [0.717, 1.165) is 17.8 Å². The van der Waals surface area contributed by atoms with Gasteiger partial charge in [-0.2, -0.15) is 0 Å². The molecule has 0 atom stereocenters. The summed E-state index contributed by atoms with van der Waals surface area (Å²) in [5, 5.41) is 0. The van der Waals surface area contributed by atoms with Gasteiger partial charge in [-0.15, -0.1) is 0 Å². The minimum Gasteiger partial charge on any atom is -0.432 e. The lowest BCUT2D eigenvalue weighted by Crippen LogP contribution is -2.28. The fourth-order valence-electron chi connectivity index (χ4n) is 2.32. The van der Waals surface area contributed by atoms with Crippen molar-refractivity contribution in [3.8, 4) is 5.75 Å². The van der Waals surface area contributed by atoms with Crippen LogP contribution in [0.1, 0.15) is 18.1 Å². The van der Waals surface area contributed by atoms with Crippen molar-refractivity contribution >= 4 is 11.8 Å².